The highest BCUT2D eigenvalue weighted by Crippen LogP contribution is 2.35. The van der Waals surface area contributed by atoms with E-state index in [1.54, 1.807) is 0 Å². The minimum absolute atomic E-state index is 0.745. The summed E-state index contributed by atoms with van der Waals surface area (Å²) in [5.74, 6) is 2.93. The van der Waals surface area contributed by atoms with Crippen LogP contribution in [0.5, 0.6) is 0 Å². The van der Waals surface area contributed by atoms with E-state index < -0.39 is 0 Å². The zero-order valence-corrected chi connectivity index (χ0v) is 9.94. The van der Waals surface area contributed by atoms with Gasteiger partial charge in [0.1, 0.15) is 0 Å². The lowest BCUT2D eigenvalue weighted by Crippen LogP contribution is -2.28. The standard InChI is InChI=1S/C11H20N2S/c1-3-4-9-5-10(9)13-11-12-6-8(2)7-14-11/h8-10H,3-7H2,1-2H3,(H,12,13). The Kier molecular flexibility index (Phi) is 3.37. The average Bonchev–Trinajstić information content (AvgIpc) is 2.89. The second-order valence-electron chi connectivity index (χ2n) is 4.60. The van der Waals surface area contributed by atoms with Crippen molar-refractivity contribution >= 4 is 16.9 Å². The van der Waals surface area contributed by atoms with Gasteiger partial charge in [-0.1, -0.05) is 32.0 Å². The first-order chi connectivity index (χ1) is 6.79. The molecule has 2 aliphatic rings. The largest absolute Gasteiger partial charge is 0.362 e. The topological polar surface area (TPSA) is 24.4 Å². The maximum Gasteiger partial charge on any atom is 0.156 e. The summed E-state index contributed by atoms with van der Waals surface area (Å²) < 4.78 is 0. The van der Waals surface area contributed by atoms with E-state index >= 15 is 0 Å². The van der Waals surface area contributed by atoms with Crippen LogP contribution >= 0.6 is 11.8 Å². The molecule has 0 amide bonds. The molecule has 1 aliphatic heterocycles. The van der Waals surface area contributed by atoms with Crippen molar-refractivity contribution < 1.29 is 0 Å². The van der Waals surface area contributed by atoms with Crippen LogP contribution in [0.4, 0.5) is 0 Å². The van der Waals surface area contributed by atoms with Gasteiger partial charge >= 0.3 is 0 Å². The van der Waals surface area contributed by atoms with Crippen molar-refractivity contribution in [2.75, 3.05) is 12.3 Å². The number of nitrogens with zero attached hydrogens (tertiary/aromatic N) is 1. The summed E-state index contributed by atoms with van der Waals surface area (Å²) >= 11 is 1.90. The van der Waals surface area contributed by atoms with Gasteiger partial charge in [0.25, 0.3) is 0 Å². The number of hydrogen-bond acceptors (Lipinski definition) is 3. The molecule has 14 heavy (non-hydrogen) atoms. The number of thioether (sulfide) groups is 1. The van der Waals surface area contributed by atoms with Gasteiger partial charge in [0.15, 0.2) is 5.17 Å². The molecule has 1 heterocycles. The first-order valence-corrected chi connectivity index (χ1v) is 6.72. The molecule has 0 saturated heterocycles. The van der Waals surface area contributed by atoms with Gasteiger partial charge in [-0.2, -0.15) is 0 Å². The molecule has 80 valence electrons. The van der Waals surface area contributed by atoms with E-state index in [0.717, 1.165) is 24.4 Å². The molecule has 1 N–H and O–H groups in total. The first-order valence-electron chi connectivity index (χ1n) is 5.73. The molecule has 0 spiro atoms. The second kappa shape index (κ2) is 4.56. The fraction of sp³-hybridized carbons (Fsp3) is 0.909. The van der Waals surface area contributed by atoms with Crippen LogP contribution in [0.25, 0.3) is 0 Å². The second-order valence-corrected chi connectivity index (χ2v) is 5.61. The number of nitrogens with one attached hydrogen (secondary N) is 1. The summed E-state index contributed by atoms with van der Waals surface area (Å²) in [5, 5.41) is 4.76. The predicted octanol–water partition coefficient (Wildman–Crippen LogP) is 2.50. The number of rotatable bonds is 3. The minimum atomic E-state index is 0.745. The predicted molar refractivity (Wildman–Crippen MR) is 63.9 cm³/mol. The van der Waals surface area contributed by atoms with Crippen LogP contribution in [0.15, 0.2) is 4.99 Å². The molecule has 0 aromatic heterocycles. The van der Waals surface area contributed by atoms with Crippen molar-refractivity contribution in [1.29, 1.82) is 0 Å². The Bertz CT molecular complexity index is 227. The molecule has 2 rings (SSSR count). The van der Waals surface area contributed by atoms with E-state index in [0.29, 0.717) is 0 Å². The lowest BCUT2D eigenvalue weighted by molar-refractivity contribution is 0.651. The molecule has 0 bridgehead atoms. The normalized spacial score (nSPS) is 36.4. The van der Waals surface area contributed by atoms with E-state index in [2.05, 4.69) is 24.2 Å². The molecule has 0 aromatic carbocycles. The summed E-state index contributed by atoms with van der Waals surface area (Å²) in [5.41, 5.74) is 0. The van der Waals surface area contributed by atoms with Crippen LogP contribution in [-0.4, -0.2) is 23.5 Å². The van der Waals surface area contributed by atoms with Crippen LogP contribution in [0.3, 0.4) is 0 Å². The fourth-order valence-electron chi connectivity index (χ4n) is 1.92. The zero-order chi connectivity index (χ0) is 9.97. The van der Waals surface area contributed by atoms with Gasteiger partial charge in [-0.15, -0.1) is 0 Å². The highest BCUT2D eigenvalue weighted by Gasteiger charge is 2.36. The van der Waals surface area contributed by atoms with E-state index in [-0.39, 0.29) is 0 Å². The van der Waals surface area contributed by atoms with Crippen LogP contribution < -0.4 is 5.32 Å². The highest BCUT2D eigenvalue weighted by molar-refractivity contribution is 8.13. The molecule has 0 radical (unpaired) electrons. The van der Waals surface area contributed by atoms with E-state index in [1.807, 2.05) is 11.8 Å². The third kappa shape index (κ3) is 2.66. The smallest absolute Gasteiger partial charge is 0.156 e. The molecular formula is C11H20N2S. The first kappa shape index (κ1) is 10.3. The molecular weight excluding hydrogens is 192 g/mol. The fourth-order valence-corrected chi connectivity index (χ4v) is 2.87. The number of hydrogen-bond donors (Lipinski definition) is 1. The molecule has 2 nitrogen and oxygen atoms in total. The maximum absolute atomic E-state index is 4.55. The molecule has 1 fully saturated rings. The maximum atomic E-state index is 4.55. The van der Waals surface area contributed by atoms with Crippen LogP contribution in [0, 0.1) is 11.8 Å². The number of aliphatic imine (C=N–C) groups is 1. The summed E-state index contributed by atoms with van der Waals surface area (Å²) in [6.45, 7) is 5.55. The summed E-state index contributed by atoms with van der Waals surface area (Å²) in [6, 6.07) is 0.745. The van der Waals surface area contributed by atoms with E-state index in [4.69, 9.17) is 0 Å². The number of amidine groups is 1. The lowest BCUT2D eigenvalue weighted by Gasteiger charge is -2.17. The Hall–Kier alpha value is -0.180. The molecule has 0 aromatic rings. The van der Waals surface area contributed by atoms with Crippen molar-refractivity contribution in [2.45, 2.75) is 39.2 Å². The van der Waals surface area contributed by atoms with Crippen molar-refractivity contribution in [3.05, 3.63) is 0 Å². The molecule has 3 atom stereocenters. The molecule has 3 heteroatoms. The zero-order valence-electron chi connectivity index (χ0n) is 9.12. The molecule has 1 saturated carbocycles. The van der Waals surface area contributed by atoms with Gasteiger partial charge in [-0.25, -0.2) is 0 Å². The average molecular weight is 212 g/mol. The molecule has 3 unspecified atom stereocenters. The Balaban J connectivity index is 1.72. The molecule has 1 aliphatic carbocycles. The van der Waals surface area contributed by atoms with Gasteiger partial charge in [-0.3, -0.25) is 4.99 Å². The summed E-state index contributed by atoms with van der Waals surface area (Å²) in [6.07, 6.45) is 4.06. The van der Waals surface area contributed by atoms with Gasteiger partial charge in [0, 0.05) is 18.3 Å². The quantitative estimate of drug-likeness (QED) is 0.777. The summed E-state index contributed by atoms with van der Waals surface area (Å²) in [4.78, 5) is 4.55. The van der Waals surface area contributed by atoms with Gasteiger partial charge in [-0.05, 0) is 24.7 Å². The van der Waals surface area contributed by atoms with Gasteiger partial charge in [0.05, 0.1) is 0 Å². The van der Waals surface area contributed by atoms with Gasteiger partial charge in [0.2, 0.25) is 0 Å². The van der Waals surface area contributed by atoms with Crippen LogP contribution in [0.1, 0.15) is 33.1 Å². The monoisotopic (exact) mass is 212 g/mol. The summed E-state index contributed by atoms with van der Waals surface area (Å²) in [7, 11) is 0. The van der Waals surface area contributed by atoms with Crippen LogP contribution in [-0.2, 0) is 0 Å². The Morgan fingerprint density at radius 3 is 3.07 bits per heavy atom. The van der Waals surface area contributed by atoms with E-state index in [1.165, 1.54) is 30.2 Å². The van der Waals surface area contributed by atoms with E-state index in [9.17, 15) is 0 Å². The van der Waals surface area contributed by atoms with Crippen molar-refractivity contribution in [1.82, 2.24) is 5.32 Å². The Morgan fingerprint density at radius 2 is 2.43 bits per heavy atom. The SMILES string of the molecule is CCCC1CC1NC1=NCC(C)CS1. The van der Waals surface area contributed by atoms with Crippen molar-refractivity contribution in [3.63, 3.8) is 0 Å². The van der Waals surface area contributed by atoms with Crippen molar-refractivity contribution in [3.8, 4) is 0 Å². The Labute approximate surface area is 90.9 Å². The van der Waals surface area contributed by atoms with Crippen molar-refractivity contribution in [2.24, 2.45) is 16.8 Å². The minimum Gasteiger partial charge on any atom is -0.362 e. The lowest BCUT2D eigenvalue weighted by atomic mass is 10.2. The highest BCUT2D eigenvalue weighted by atomic mass is 32.2. The Morgan fingerprint density at radius 1 is 1.57 bits per heavy atom. The third-order valence-corrected chi connectivity index (χ3v) is 4.20. The third-order valence-electron chi connectivity index (χ3n) is 2.94. The van der Waals surface area contributed by atoms with Gasteiger partial charge < -0.3 is 5.32 Å². The van der Waals surface area contributed by atoms with Crippen LogP contribution in [0.2, 0.25) is 0 Å².